The van der Waals surface area contributed by atoms with Crippen LogP contribution in [0.3, 0.4) is 0 Å². The van der Waals surface area contributed by atoms with Crippen molar-refractivity contribution in [3.8, 4) is 0 Å². The number of hydrogen-bond acceptors (Lipinski definition) is 4. The van der Waals surface area contributed by atoms with E-state index in [4.69, 9.17) is 10.9 Å². The van der Waals surface area contributed by atoms with Crippen molar-refractivity contribution in [1.82, 2.24) is 0 Å². The molecule has 0 amide bonds. The highest BCUT2D eigenvalue weighted by atomic mass is 32.2. The van der Waals surface area contributed by atoms with Crippen molar-refractivity contribution in [2.45, 2.75) is 37.6 Å². The number of benzene rings is 1. The molecule has 6 heteroatoms. The summed E-state index contributed by atoms with van der Waals surface area (Å²) in [5.74, 6) is 0.425. The van der Waals surface area contributed by atoms with Gasteiger partial charge in [0, 0.05) is 12.6 Å². The molecule has 0 saturated heterocycles. The number of anilines is 1. The van der Waals surface area contributed by atoms with Gasteiger partial charge in [0.15, 0.2) is 0 Å². The minimum atomic E-state index is -3.72. The van der Waals surface area contributed by atoms with Gasteiger partial charge in [0.05, 0.1) is 5.69 Å². The molecule has 1 unspecified atom stereocenters. The van der Waals surface area contributed by atoms with Crippen LogP contribution in [0, 0.1) is 5.92 Å². The van der Waals surface area contributed by atoms with Crippen LogP contribution in [0.2, 0.25) is 0 Å². The lowest BCUT2D eigenvalue weighted by Gasteiger charge is -2.22. The normalized spacial score (nSPS) is 13.5. The SMILES string of the molecule is CCC(CC)C(N)CNc1ccccc1S(N)(=O)=O. The lowest BCUT2D eigenvalue weighted by Crippen LogP contribution is -2.36. The largest absolute Gasteiger partial charge is 0.382 e. The molecule has 0 saturated carbocycles. The third-order valence-electron chi connectivity index (χ3n) is 3.38. The van der Waals surface area contributed by atoms with Crippen molar-refractivity contribution in [1.29, 1.82) is 0 Å². The summed E-state index contributed by atoms with van der Waals surface area (Å²) in [4.78, 5) is 0.103. The van der Waals surface area contributed by atoms with Crippen molar-refractivity contribution >= 4 is 15.7 Å². The van der Waals surface area contributed by atoms with Gasteiger partial charge in [-0.25, -0.2) is 13.6 Å². The van der Waals surface area contributed by atoms with Crippen LogP contribution >= 0.6 is 0 Å². The van der Waals surface area contributed by atoms with Crippen LogP contribution in [0.4, 0.5) is 5.69 Å². The van der Waals surface area contributed by atoms with Gasteiger partial charge < -0.3 is 11.1 Å². The maximum Gasteiger partial charge on any atom is 0.240 e. The van der Waals surface area contributed by atoms with E-state index in [9.17, 15) is 8.42 Å². The Bertz CT molecular complexity index is 498. The summed E-state index contributed by atoms with van der Waals surface area (Å²) in [6.07, 6.45) is 2.02. The Morgan fingerprint density at radius 3 is 2.32 bits per heavy atom. The molecule has 0 aliphatic rings. The number of sulfonamides is 1. The zero-order valence-electron chi connectivity index (χ0n) is 11.5. The summed E-state index contributed by atoms with van der Waals surface area (Å²) < 4.78 is 22.9. The molecule has 0 bridgehead atoms. The van der Waals surface area contributed by atoms with Gasteiger partial charge in [-0.2, -0.15) is 0 Å². The first-order chi connectivity index (χ1) is 8.90. The highest BCUT2D eigenvalue weighted by molar-refractivity contribution is 7.89. The van der Waals surface area contributed by atoms with Crippen molar-refractivity contribution in [3.63, 3.8) is 0 Å². The molecule has 1 rings (SSSR count). The lowest BCUT2D eigenvalue weighted by molar-refractivity contribution is 0.407. The van der Waals surface area contributed by atoms with Gasteiger partial charge >= 0.3 is 0 Å². The Hall–Kier alpha value is -1.11. The number of nitrogens with two attached hydrogens (primary N) is 2. The van der Waals surface area contributed by atoms with Crippen LogP contribution in [-0.2, 0) is 10.0 Å². The van der Waals surface area contributed by atoms with Gasteiger partial charge in [-0.05, 0) is 18.1 Å². The molecule has 108 valence electrons. The van der Waals surface area contributed by atoms with Crippen molar-refractivity contribution in [2.75, 3.05) is 11.9 Å². The van der Waals surface area contributed by atoms with Crippen LogP contribution in [0.25, 0.3) is 0 Å². The monoisotopic (exact) mass is 285 g/mol. The second-order valence-corrected chi connectivity index (χ2v) is 6.19. The first-order valence-electron chi connectivity index (χ1n) is 6.51. The van der Waals surface area contributed by atoms with E-state index >= 15 is 0 Å². The average Bonchev–Trinajstić information content (AvgIpc) is 2.37. The number of hydrogen-bond donors (Lipinski definition) is 3. The van der Waals surface area contributed by atoms with E-state index in [1.54, 1.807) is 18.2 Å². The molecule has 0 spiro atoms. The van der Waals surface area contributed by atoms with E-state index in [2.05, 4.69) is 19.2 Å². The van der Waals surface area contributed by atoms with E-state index in [0.29, 0.717) is 18.2 Å². The minimum absolute atomic E-state index is 0.0106. The van der Waals surface area contributed by atoms with Gasteiger partial charge in [-0.15, -0.1) is 0 Å². The fourth-order valence-corrected chi connectivity index (χ4v) is 2.86. The van der Waals surface area contributed by atoms with Crippen LogP contribution < -0.4 is 16.2 Å². The van der Waals surface area contributed by atoms with E-state index in [-0.39, 0.29) is 10.9 Å². The Balaban J connectivity index is 2.79. The molecule has 1 aromatic carbocycles. The number of para-hydroxylation sites is 1. The van der Waals surface area contributed by atoms with Gasteiger partial charge in [0.1, 0.15) is 4.90 Å². The maximum absolute atomic E-state index is 11.5. The van der Waals surface area contributed by atoms with Gasteiger partial charge in [0.2, 0.25) is 10.0 Å². The second-order valence-electron chi connectivity index (χ2n) is 4.66. The number of primary sulfonamides is 1. The van der Waals surface area contributed by atoms with Crippen LogP contribution in [0.1, 0.15) is 26.7 Å². The average molecular weight is 285 g/mol. The molecule has 1 atom stereocenters. The Morgan fingerprint density at radius 2 is 1.79 bits per heavy atom. The van der Waals surface area contributed by atoms with E-state index in [1.165, 1.54) is 6.07 Å². The fraction of sp³-hybridized carbons (Fsp3) is 0.538. The standard InChI is InChI=1S/C13H23N3O2S/c1-3-10(4-2)11(14)9-16-12-7-5-6-8-13(12)19(15,17)18/h5-8,10-11,16H,3-4,9,14H2,1-2H3,(H2,15,17,18). The highest BCUT2D eigenvalue weighted by Gasteiger charge is 2.16. The summed E-state index contributed by atoms with van der Waals surface area (Å²) in [6.45, 7) is 4.73. The predicted molar refractivity (Wildman–Crippen MR) is 78.4 cm³/mol. The first-order valence-corrected chi connectivity index (χ1v) is 8.06. The summed E-state index contributed by atoms with van der Waals surface area (Å²) >= 11 is 0. The molecule has 1 aromatic rings. The maximum atomic E-state index is 11.5. The van der Waals surface area contributed by atoms with Crippen molar-refractivity contribution in [2.24, 2.45) is 16.8 Å². The zero-order valence-corrected chi connectivity index (χ0v) is 12.3. The number of nitrogens with one attached hydrogen (secondary N) is 1. The zero-order chi connectivity index (χ0) is 14.5. The van der Waals surface area contributed by atoms with E-state index in [1.807, 2.05) is 0 Å². The quantitative estimate of drug-likeness (QED) is 0.707. The van der Waals surface area contributed by atoms with E-state index < -0.39 is 10.0 Å². The summed E-state index contributed by atoms with van der Waals surface area (Å²) in [5, 5.41) is 8.26. The molecule has 0 radical (unpaired) electrons. The van der Waals surface area contributed by atoms with Crippen molar-refractivity contribution in [3.05, 3.63) is 24.3 Å². The molecule has 5 N–H and O–H groups in total. The molecule has 19 heavy (non-hydrogen) atoms. The predicted octanol–water partition coefficient (Wildman–Crippen LogP) is 1.51. The smallest absolute Gasteiger partial charge is 0.240 e. The summed E-state index contributed by atoms with van der Waals surface area (Å²) in [6, 6.07) is 6.58. The lowest BCUT2D eigenvalue weighted by atomic mass is 9.95. The highest BCUT2D eigenvalue weighted by Crippen LogP contribution is 2.20. The third-order valence-corrected chi connectivity index (χ3v) is 4.35. The minimum Gasteiger partial charge on any atom is -0.382 e. The Morgan fingerprint density at radius 1 is 1.21 bits per heavy atom. The third kappa shape index (κ3) is 4.49. The molecule has 5 nitrogen and oxygen atoms in total. The number of rotatable bonds is 7. The van der Waals surface area contributed by atoms with E-state index in [0.717, 1.165) is 12.8 Å². The summed E-state index contributed by atoms with van der Waals surface area (Å²) in [5.41, 5.74) is 6.61. The second kappa shape index (κ2) is 6.88. The Labute approximate surface area is 115 Å². The van der Waals surface area contributed by atoms with Crippen molar-refractivity contribution < 1.29 is 8.42 Å². The molecule has 0 fully saturated rings. The molecule has 0 aromatic heterocycles. The van der Waals surface area contributed by atoms with Crippen LogP contribution in [0.15, 0.2) is 29.2 Å². The topological polar surface area (TPSA) is 98.2 Å². The van der Waals surface area contributed by atoms with Crippen LogP contribution in [-0.4, -0.2) is 21.0 Å². The fourth-order valence-electron chi connectivity index (χ4n) is 2.15. The molecular weight excluding hydrogens is 262 g/mol. The molecule has 0 aliphatic carbocycles. The van der Waals surface area contributed by atoms with Gasteiger partial charge in [-0.3, -0.25) is 0 Å². The van der Waals surface area contributed by atoms with Gasteiger partial charge in [0.25, 0.3) is 0 Å². The summed E-state index contributed by atoms with van der Waals surface area (Å²) in [7, 11) is -3.72. The molecule has 0 heterocycles. The van der Waals surface area contributed by atoms with Crippen LogP contribution in [0.5, 0.6) is 0 Å². The molecule has 0 aliphatic heterocycles. The first kappa shape index (κ1) is 15.9. The Kier molecular flexibility index (Phi) is 5.78. The van der Waals surface area contributed by atoms with Gasteiger partial charge in [-0.1, -0.05) is 38.8 Å². The molecular formula is C13H23N3O2S.